The molecule has 0 aliphatic rings. The maximum absolute atomic E-state index is 13.3. The fourth-order valence-electron chi connectivity index (χ4n) is 2.45. The molecule has 28 heavy (non-hydrogen) atoms. The first-order valence-electron chi connectivity index (χ1n) is 9.05. The van der Waals surface area contributed by atoms with Crippen LogP contribution in [0.4, 0.5) is 4.39 Å². The summed E-state index contributed by atoms with van der Waals surface area (Å²) >= 11 is 0. The van der Waals surface area contributed by atoms with E-state index in [9.17, 15) is 9.18 Å². The highest BCUT2D eigenvalue weighted by Crippen LogP contribution is 2.03. The zero-order chi connectivity index (χ0) is 19.5. The van der Waals surface area contributed by atoms with Crippen molar-refractivity contribution in [2.24, 2.45) is 4.99 Å². The van der Waals surface area contributed by atoms with E-state index in [1.54, 1.807) is 20.2 Å². The molecule has 5 nitrogen and oxygen atoms in total. The zero-order valence-corrected chi connectivity index (χ0v) is 18.7. The Labute approximate surface area is 183 Å². The summed E-state index contributed by atoms with van der Waals surface area (Å²) in [4.78, 5) is 17.7. The first kappa shape index (κ1) is 23.9. The van der Waals surface area contributed by atoms with Gasteiger partial charge in [-0.2, -0.15) is 0 Å². The number of guanidine groups is 1. The standard InChI is InChI=1S/C21H27FN4O.HI/c1-26(2)20(27)16-25-21(23-13-11-17-7-4-3-5-8-17)24-14-12-18-9-6-10-19(22)15-18;/h3-10,15H,11-14,16H2,1-2H3,(H2,23,24,25);1H. The Balaban J connectivity index is 0.00000392. The van der Waals surface area contributed by atoms with E-state index < -0.39 is 0 Å². The van der Waals surface area contributed by atoms with Crippen molar-refractivity contribution >= 4 is 35.8 Å². The first-order chi connectivity index (χ1) is 13.0. The van der Waals surface area contributed by atoms with Crippen molar-refractivity contribution in [3.05, 3.63) is 71.5 Å². The fraction of sp³-hybridized carbons (Fsp3) is 0.333. The molecular weight excluding hydrogens is 470 g/mol. The van der Waals surface area contributed by atoms with E-state index >= 15 is 0 Å². The van der Waals surface area contributed by atoms with Gasteiger partial charge in [0.15, 0.2) is 5.96 Å². The minimum atomic E-state index is -0.237. The highest BCUT2D eigenvalue weighted by atomic mass is 127. The predicted octanol–water partition coefficient (Wildman–Crippen LogP) is 2.85. The van der Waals surface area contributed by atoms with E-state index in [1.165, 1.54) is 22.6 Å². The topological polar surface area (TPSA) is 56.7 Å². The molecule has 0 aromatic heterocycles. The van der Waals surface area contributed by atoms with Crippen molar-refractivity contribution in [3.8, 4) is 0 Å². The Kier molecular flexibility index (Phi) is 11.2. The number of benzene rings is 2. The van der Waals surface area contributed by atoms with Crippen LogP contribution in [0.25, 0.3) is 0 Å². The lowest BCUT2D eigenvalue weighted by atomic mass is 10.1. The molecule has 0 unspecified atom stereocenters. The van der Waals surface area contributed by atoms with Gasteiger partial charge < -0.3 is 15.5 Å². The van der Waals surface area contributed by atoms with E-state index in [1.807, 2.05) is 24.3 Å². The number of rotatable bonds is 8. The van der Waals surface area contributed by atoms with Crippen LogP contribution in [0.5, 0.6) is 0 Å². The Hall–Kier alpha value is -2.16. The van der Waals surface area contributed by atoms with Crippen LogP contribution in [-0.2, 0) is 17.6 Å². The van der Waals surface area contributed by atoms with Crippen LogP contribution in [0.1, 0.15) is 11.1 Å². The third-order valence-electron chi connectivity index (χ3n) is 4.02. The molecule has 1 amide bonds. The van der Waals surface area contributed by atoms with Gasteiger partial charge in [-0.05, 0) is 36.1 Å². The molecule has 0 fully saturated rings. The molecule has 0 aliphatic carbocycles. The summed E-state index contributed by atoms with van der Waals surface area (Å²) in [5.41, 5.74) is 2.14. The first-order valence-corrected chi connectivity index (χ1v) is 9.05. The molecule has 152 valence electrons. The van der Waals surface area contributed by atoms with E-state index in [-0.39, 0.29) is 42.2 Å². The number of likely N-dealkylation sites (N-methyl/N-ethyl adjacent to an activating group) is 1. The molecule has 2 rings (SSSR count). The molecule has 2 N–H and O–H groups in total. The lowest BCUT2D eigenvalue weighted by Gasteiger charge is -2.14. The summed E-state index contributed by atoms with van der Waals surface area (Å²) in [6.07, 6.45) is 1.52. The second-order valence-electron chi connectivity index (χ2n) is 6.42. The quantitative estimate of drug-likeness (QED) is 0.335. The van der Waals surface area contributed by atoms with Crippen LogP contribution in [0.15, 0.2) is 59.6 Å². The SMILES string of the molecule is CN(C)C(=O)CN=C(NCCc1ccccc1)NCCc1cccc(F)c1.I. The number of carbonyl (C=O) groups excluding carboxylic acids is 1. The summed E-state index contributed by atoms with van der Waals surface area (Å²) in [6, 6.07) is 16.7. The average molecular weight is 498 g/mol. The monoisotopic (exact) mass is 498 g/mol. The summed E-state index contributed by atoms with van der Waals surface area (Å²) < 4.78 is 13.3. The summed E-state index contributed by atoms with van der Waals surface area (Å²) in [5.74, 6) is 0.279. The predicted molar refractivity (Wildman–Crippen MR) is 123 cm³/mol. The van der Waals surface area contributed by atoms with Gasteiger partial charge in [-0.15, -0.1) is 24.0 Å². The molecule has 0 saturated heterocycles. The Morgan fingerprint density at radius 3 is 2.18 bits per heavy atom. The number of halogens is 2. The van der Waals surface area contributed by atoms with Crippen LogP contribution in [0.2, 0.25) is 0 Å². The average Bonchev–Trinajstić information content (AvgIpc) is 2.66. The molecule has 0 bridgehead atoms. The second kappa shape index (κ2) is 13.1. The largest absolute Gasteiger partial charge is 0.356 e. The van der Waals surface area contributed by atoms with Crippen molar-refractivity contribution < 1.29 is 9.18 Å². The van der Waals surface area contributed by atoms with Gasteiger partial charge in [-0.3, -0.25) is 4.79 Å². The number of hydrogen-bond acceptors (Lipinski definition) is 2. The summed E-state index contributed by atoms with van der Waals surface area (Å²) in [7, 11) is 3.41. The van der Waals surface area contributed by atoms with Crippen LogP contribution in [-0.4, -0.2) is 50.5 Å². The van der Waals surface area contributed by atoms with E-state index in [2.05, 4.69) is 27.8 Å². The minimum Gasteiger partial charge on any atom is -0.356 e. The van der Waals surface area contributed by atoms with Crippen molar-refractivity contribution in [3.63, 3.8) is 0 Å². The van der Waals surface area contributed by atoms with Gasteiger partial charge in [0.2, 0.25) is 5.91 Å². The number of carbonyl (C=O) groups is 1. The molecule has 7 heteroatoms. The smallest absolute Gasteiger partial charge is 0.243 e. The molecule has 2 aromatic rings. The van der Waals surface area contributed by atoms with E-state index in [0.29, 0.717) is 25.5 Å². The van der Waals surface area contributed by atoms with Crippen LogP contribution in [0.3, 0.4) is 0 Å². The molecule has 0 atom stereocenters. The Morgan fingerprint density at radius 1 is 0.964 bits per heavy atom. The molecule has 2 aromatic carbocycles. The van der Waals surface area contributed by atoms with Gasteiger partial charge in [0.1, 0.15) is 12.4 Å². The van der Waals surface area contributed by atoms with E-state index in [4.69, 9.17) is 0 Å². The maximum Gasteiger partial charge on any atom is 0.243 e. The Morgan fingerprint density at radius 2 is 1.57 bits per heavy atom. The second-order valence-corrected chi connectivity index (χ2v) is 6.42. The van der Waals surface area contributed by atoms with Gasteiger partial charge in [0.25, 0.3) is 0 Å². The number of hydrogen-bond donors (Lipinski definition) is 2. The van der Waals surface area contributed by atoms with Crippen LogP contribution >= 0.6 is 24.0 Å². The lowest BCUT2D eigenvalue weighted by molar-refractivity contribution is -0.127. The highest BCUT2D eigenvalue weighted by Gasteiger charge is 2.05. The maximum atomic E-state index is 13.3. The lowest BCUT2D eigenvalue weighted by Crippen LogP contribution is -2.40. The molecular formula is C21H28FIN4O. The minimum absolute atomic E-state index is 0. The van der Waals surface area contributed by atoms with Gasteiger partial charge >= 0.3 is 0 Å². The number of aliphatic imine (C=N–C) groups is 1. The van der Waals surface area contributed by atoms with Gasteiger partial charge in [-0.1, -0.05) is 42.5 Å². The van der Waals surface area contributed by atoms with Crippen molar-refractivity contribution in [2.45, 2.75) is 12.8 Å². The van der Waals surface area contributed by atoms with Crippen molar-refractivity contribution in [2.75, 3.05) is 33.7 Å². The normalized spacial score (nSPS) is 10.8. The number of nitrogens with one attached hydrogen (secondary N) is 2. The van der Waals surface area contributed by atoms with Gasteiger partial charge in [0, 0.05) is 27.2 Å². The molecule has 0 aliphatic heterocycles. The zero-order valence-electron chi connectivity index (χ0n) is 16.3. The van der Waals surface area contributed by atoms with Gasteiger partial charge in [0.05, 0.1) is 0 Å². The molecule has 0 saturated carbocycles. The molecule has 0 spiro atoms. The Bertz CT molecular complexity index is 753. The third kappa shape index (κ3) is 9.16. The third-order valence-corrected chi connectivity index (χ3v) is 4.02. The number of nitrogens with zero attached hydrogens (tertiary/aromatic N) is 2. The fourth-order valence-corrected chi connectivity index (χ4v) is 2.45. The van der Waals surface area contributed by atoms with Crippen LogP contribution < -0.4 is 10.6 Å². The van der Waals surface area contributed by atoms with Crippen LogP contribution in [0, 0.1) is 5.82 Å². The molecule has 0 radical (unpaired) electrons. The van der Waals surface area contributed by atoms with Crippen molar-refractivity contribution in [1.29, 1.82) is 0 Å². The molecule has 0 heterocycles. The van der Waals surface area contributed by atoms with Crippen molar-refractivity contribution in [1.82, 2.24) is 15.5 Å². The number of amides is 1. The van der Waals surface area contributed by atoms with E-state index in [0.717, 1.165) is 12.0 Å². The summed E-state index contributed by atoms with van der Waals surface area (Å²) in [5, 5.41) is 6.47. The highest BCUT2D eigenvalue weighted by molar-refractivity contribution is 14.0. The van der Waals surface area contributed by atoms with Gasteiger partial charge in [-0.25, -0.2) is 9.38 Å². The summed E-state index contributed by atoms with van der Waals surface area (Å²) in [6.45, 7) is 1.37.